The maximum Gasteiger partial charge on any atom is 0.222 e. The minimum Gasteiger partial charge on any atom is -0.335 e. The molecular weight excluding hydrogens is 210 g/mol. The molecule has 2 rings (SSSR count). The van der Waals surface area contributed by atoms with E-state index in [9.17, 15) is 4.79 Å². The summed E-state index contributed by atoms with van der Waals surface area (Å²) >= 11 is 1.56. The van der Waals surface area contributed by atoms with Gasteiger partial charge in [-0.3, -0.25) is 4.79 Å². The van der Waals surface area contributed by atoms with Crippen molar-refractivity contribution in [3.63, 3.8) is 0 Å². The van der Waals surface area contributed by atoms with Crippen molar-refractivity contribution in [2.24, 2.45) is 5.73 Å². The van der Waals surface area contributed by atoms with Gasteiger partial charge in [0.15, 0.2) is 0 Å². The second kappa shape index (κ2) is 4.28. The van der Waals surface area contributed by atoms with Crippen LogP contribution < -0.4 is 5.73 Å². The van der Waals surface area contributed by atoms with E-state index in [0.717, 1.165) is 17.8 Å². The van der Waals surface area contributed by atoms with Gasteiger partial charge in [0, 0.05) is 31.1 Å². The summed E-state index contributed by atoms with van der Waals surface area (Å²) in [5.74, 6) is 0.170. The van der Waals surface area contributed by atoms with Crippen molar-refractivity contribution < 1.29 is 4.79 Å². The molecule has 2 atom stereocenters. The number of amides is 1. The first kappa shape index (κ1) is 10.6. The minimum absolute atomic E-state index is 0.00704. The van der Waals surface area contributed by atoms with Crippen LogP contribution in [-0.4, -0.2) is 28.9 Å². The SMILES string of the molecule is CN1C(=O)CCCC(N)C1c1nccs1. The molecule has 82 valence electrons. The number of nitrogens with two attached hydrogens (primary N) is 1. The highest BCUT2D eigenvalue weighted by Gasteiger charge is 2.31. The standard InChI is InChI=1S/C10H15N3OS/c1-13-8(14)4-2-3-7(11)9(13)10-12-5-6-15-10/h5-7,9H,2-4,11H2,1H3. The van der Waals surface area contributed by atoms with Gasteiger partial charge in [-0.1, -0.05) is 0 Å². The Morgan fingerprint density at radius 3 is 3.13 bits per heavy atom. The molecule has 1 fully saturated rings. The second-order valence-electron chi connectivity index (χ2n) is 3.88. The molecule has 2 unspecified atom stereocenters. The van der Waals surface area contributed by atoms with E-state index in [1.54, 1.807) is 22.4 Å². The summed E-state index contributed by atoms with van der Waals surface area (Å²) in [6.07, 6.45) is 4.13. The first-order chi connectivity index (χ1) is 7.20. The molecule has 5 heteroatoms. The lowest BCUT2D eigenvalue weighted by Crippen LogP contribution is -2.39. The maximum atomic E-state index is 11.7. The number of carbonyl (C=O) groups excluding carboxylic acids is 1. The van der Waals surface area contributed by atoms with Crippen LogP contribution in [0.4, 0.5) is 0 Å². The third-order valence-electron chi connectivity index (χ3n) is 2.85. The van der Waals surface area contributed by atoms with Crippen LogP contribution in [0.25, 0.3) is 0 Å². The molecule has 0 bridgehead atoms. The van der Waals surface area contributed by atoms with E-state index in [-0.39, 0.29) is 18.0 Å². The zero-order chi connectivity index (χ0) is 10.8. The van der Waals surface area contributed by atoms with E-state index < -0.39 is 0 Å². The average molecular weight is 225 g/mol. The number of hydrogen-bond acceptors (Lipinski definition) is 4. The Balaban J connectivity index is 2.28. The fraction of sp³-hybridized carbons (Fsp3) is 0.600. The van der Waals surface area contributed by atoms with Crippen LogP contribution in [0.15, 0.2) is 11.6 Å². The lowest BCUT2D eigenvalue weighted by atomic mass is 10.1. The summed E-state index contributed by atoms with van der Waals surface area (Å²) in [5.41, 5.74) is 6.10. The van der Waals surface area contributed by atoms with Gasteiger partial charge in [0.2, 0.25) is 5.91 Å². The maximum absolute atomic E-state index is 11.7. The van der Waals surface area contributed by atoms with Crippen LogP contribution >= 0.6 is 11.3 Å². The molecule has 1 aromatic heterocycles. The van der Waals surface area contributed by atoms with E-state index in [2.05, 4.69) is 4.98 Å². The summed E-state index contributed by atoms with van der Waals surface area (Å²) in [5, 5.41) is 2.87. The van der Waals surface area contributed by atoms with Crippen LogP contribution in [0.2, 0.25) is 0 Å². The van der Waals surface area contributed by atoms with Crippen LogP contribution in [0.1, 0.15) is 30.3 Å². The Morgan fingerprint density at radius 1 is 1.67 bits per heavy atom. The van der Waals surface area contributed by atoms with E-state index in [1.165, 1.54) is 0 Å². The predicted molar refractivity (Wildman–Crippen MR) is 59.5 cm³/mol. The fourth-order valence-corrected chi connectivity index (χ4v) is 2.85. The zero-order valence-corrected chi connectivity index (χ0v) is 9.54. The average Bonchev–Trinajstić information content (AvgIpc) is 2.67. The van der Waals surface area contributed by atoms with Gasteiger partial charge in [-0.2, -0.15) is 0 Å². The topological polar surface area (TPSA) is 59.2 Å². The minimum atomic E-state index is -0.0417. The van der Waals surface area contributed by atoms with Crippen molar-refractivity contribution in [3.8, 4) is 0 Å². The Labute approximate surface area is 93.1 Å². The summed E-state index contributed by atoms with van der Waals surface area (Å²) in [4.78, 5) is 17.7. The van der Waals surface area contributed by atoms with Crippen LogP contribution in [0, 0.1) is 0 Å². The van der Waals surface area contributed by atoms with Crippen molar-refractivity contribution in [3.05, 3.63) is 16.6 Å². The Morgan fingerprint density at radius 2 is 2.47 bits per heavy atom. The van der Waals surface area contributed by atoms with Gasteiger partial charge in [-0.15, -0.1) is 11.3 Å². The quantitative estimate of drug-likeness (QED) is 0.780. The number of thiazole rings is 1. The molecule has 1 saturated heterocycles. The fourth-order valence-electron chi connectivity index (χ4n) is 1.99. The highest BCUT2D eigenvalue weighted by atomic mass is 32.1. The third-order valence-corrected chi connectivity index (χ3v) is 3.69. The zero-order valence-electron chi connectivity index (χ0n) is 8.72. The van der Waals surface area contributed by atoms with Gasteiger partial charge in [0.1, 0.15) is 5.01 Å². The lowest BCUT2D eigenvalue weighted by molar-refractivity contribution is -0.131. The van der Waals surface area contributed by atoms with E-state index >= 15 is 0 Å². The number of aromatic nitrogens is 1. The molecule has 0 radical (unpaired) electrons. The molecule has 0 spiro atoms. The molecule has 1 aliphatic rings. The predicted octanol–water partition coefficient (Wildman–Crippen LogP) is 1.15. The van der Waals surface area contributed by atoms with Gasteiger partial charge in [0.05, 0.1) is 6.04 Å². The first-order valence-corrected chi connectivity index (χ1v) is 5.98. The van der Waals surface area contributed by atoms with Crippen molar-refractivity contribution >= 4 is 17.2 Å². The van der Waals surface area contributed by atoms with Crippen molar-refractivity contribution in [1.29, 1.82) is 0 Å². The highest BCUT2D eigenvalue weighted by Crippen LogP contribution is 2.29. The number of rotatable bonds is 1. The molecule has 1 aromatic rings. The first-order valence-electron chi connectivity index (χ1n) is 5.11. The van der Waals surface area contributed by atoms with Crippen molar-refractivity contribution in [2.45, 2.75) is 31.3 Å². The Bertz CT molecular complexity index is 338. The summed E-state index contributed by atoms with van der Waals surface area (Å²) in [6.45, 7) is 0. The smallest absolute Gasteiger partial charge is 0.222 e. The molecule has 1 aliphatic heterocycles. The number of hydrogen-bond donors (Lipinski definition) is 1. The van der Waals surface area contributed by atoms with Crippen LogP contribution in [0.5, 0.6) is 0 Å². The summed E-state index contributed by atoms with van der Waals surface area (Å²) in [7, 11) is 1.82. The van der Waals surface area contributed by atoms with Gasteiger partial charge in [0.25, 0.3) is 0 Å². The number of carbonyl (C=O) groups is 1. The van der Waals surface area contributed by atoms with E-state index in [0.29, 0.717) is 6.42 Å². The largest absolute Gasteiger partial charge is 0.335 e. The molecule has 2 N–H and O–H groups in total. The molecule has 1 amide bonds. The Kier molecular flexibility index (Phi) is 3.02. The van der Waals surface area contributed by atoms with Gasteiger partial charge in [-0.05, 0) is 12.8 Å². The lowest BCUT2D eigenvalue weighted by Gasteiger charge is -2.28. The second-order valence-corrected chi connectivity index (χ2v) is 4.80. The van der Waals surface area contributed by atoms with Gasteiger partial charge in [-0.25, -0.2) is 4.98 Å². The van der Waals surface area contributed by atoms with Gasteiger partial charge < -0.3 is 10.6 Å². The Hall–Kier alpha value is -0.940. The number of nitrogens with zero attached hydrogens (tertiary/aromatic N) is 2. The number of likely N-dealkylation sites (N-methyl/N-ethyl adjacent to an activating group) is 1. The third kappa shape index (κ3) is 2.03. The molecule has 0 aliphatic carbocycles. The molecule has 0 saturated carbocycles. The molecule has 15 heavy (non-hydrogen) atoms. The normalized spacial score (nSPS) is 27.9. The van der Waals surface area contributed by atoms with Crippen molar-refractivity contribution in [1.82, 2.24) is 9.88 Å². The summed E-state index contributed by atoms with van der Waals surface area (Å²) in [6, 6.07) is -0.0346. The van der Waals surface area contributed by atoms with Crippen LogP contribution in [0.3, 0.4) is 0 Å². The highest BCUT2D eigenvalue weighted by molar-refractivity contribution is 7.09. The van der Waals surface area contributed by atoms with Gasteiger partial charge >= 0.3 is 0 Å². The summed E-state index contributed by atoms with van der Waals surface area (Å²) < 4.78 is 0. The monoisotopic (exact) mass is 225 g/mol. The van der Waals surface area contributed by atoms with Crippen LogP contribution in [-0.2, 0) is 4.79 Å². The molecule has 0 aromatic carbocycles. The number of likely N-dealkylation sites (tertiary alicyclic amines) is 1. The van der Waals surface area contributed by atoms with E-state index in [1.807, 2.05) is 12.4 Å². The molecule has 2 heterocycles. The van der Waals surface area contributed by atoms with E-state index in [4.69, 9.17) is 5.73 Å². The molecule has 4 nitrogen and oxygen atoms in total. The molecular formula is C10H15N3OS. The van der Waals surface area contributed by atoms with Crippen molar-refractivity contribution in [2.75, 3.05) is 7.05 Å².